The molecule has 0 radical (unpaired) electrons. The van der Waals surface area contributed by atoms with Crippen molar-refractivity contribution < 1.29 is 0 Å². The number of pyridine rings is 1. The minimum Gasteiger partial charge on any atom is -0.378 e. The molecule has 0 aliphatic heterocycles. The van der Waals surface area contributed by atoms with Crippen LogP contribution in [-0.2, 0) is 6.54 Å². The number of aryl methyl sites for hydroxylation is 1. The first-order valence-electron chi connectivity index (χ1n) is 7.75. The van der Waals surface area contributed by atoms with E-state index >= 15 is 0 Å². The van der Waals surface area contributed by atoms with Crippen molar-refractivity contribution in [3.05, 3.63) is 65.0 Å². The van der Waals surface area contributed by atoms with Crippen molar-refractivity contribution in [2.75, 3.05) is 32.1 Å². The fourth-order valence-corrected chi connectivity index (χ4v) is 2.70. The molecule has 0 spiro atoms. The minimum atomic E-state index is 0.0954. The van der Waals surface area contributed by atoms with Crippen molar-refractivity contribution >= 4 is 16.6 Å². The molecule has 4 heteroatoms. The smallest absolute Gasteiger partial charge is 0.194 e. The molecule has 0 amide bonds. The molecule has 2 rings (SSSR count). The number of hydrogen-bond donors (Lipinski definition) is 1. The maximum atomic E-state index is 13.0. The van der Waals surface area contributed by atoms with Crippen molar-refractivity contribution in [1.82, 2.24) is 9.88 Å². The number of fused-ring (bicyclic) bond motifs is 1. The quantitative estimate of drug-likeness (QED) is 0.799. The normalized spacial score (nSPS) is 11.0. The molecule has 4 nitrogen and oxygen atoms in total. The van der Waals surface area contributed by atoms with Gasteiger partial charge in [0.15, 0.2) is 5.43 Å². The van der Waals surface area contributed by atoms with Crippen LogP contribution in [0.1, 0.15) is 11.3 Å². The first-order chi connectivity index (χ1) is 11.0. The zero-order chi connectivity index (χ0) is 17.0. The lowest BCUT2D eigenvalue weighted by atomic mass is 10.1. The maximum absolute atomic E-state index is 13.0. The first kappa shape index (κ1) is 17.0. The van der Waals surface area contributed by atoms with E-state index in [0.717, 1.165) is 40.9 Å². The lowest BCUT2D eigenvalue weighted by Crippen LogP contribution is -2.28. The average molecular weight is 311 g/mol. The van der Waals surface area contributed by atoms with Crippen molar-refractivity contribution in [1.29, 1.82) is 0 Å². The summed E-state index contributed by atoms with van der Waals surface area (Å²) in [5.74, 6) is 0. The second kappa shape index (κ2) is 7.29. The number of nitrogens with one attached hydrogen (secondary N) is 1. The number of aromatic amines is 1. The number of H-pyrrole nitrogens is 1. The van der Waals surface area contributed by atoms with Crippen LogP contribution in [0.2, 0.25) is 0 Å². The third kappa shape index (κ3) is 3.71. The zero-order valence-electron chi connectivity index (χ0n) is 14.2. The zero-order valence-corrected chi connectivity index (χ0v) is 14.2. The van der Waals surface area contributed by atoms with Gasteiger partial charge in [-0.2, -0.15) is 0 Å². The van der Waals surface area contributed by atoms with Crippen molar-refractivity contribution in [3.63, 3.8) is 0 Å². The highest BCUT2D eigenvalue weighted by atomic mass is 16.1. The lowest BCUT2D eigenvalue weighted by molar-refractivity contribution is 0.326. The Hall–Kier alpha value is -2.33. The van der Waals surface area contributed by atoms with E-state index < -0.39 is 0 Å². The van der Waals surface area contributed by atoms with Crippen LogP contribution in [0, 0.1) is 6.92 Å². The van der Waals surface area contributed by atoms with Gasteiger partial charge in [0.25, 0.3) is 0 Å². The Kier molecular flexibility index (Phi) is 5.40. The molecule has 2 aromatic rings. The van der Waals surface area contributed by atoms with Gasteiger partial charge in [0.1, 0.15) is 0 Å². The topological polar surface area (TPSA) is 39.3 Å². The Morgan fingerprint density at radius 1 is 1.17 bits per heavy atom. The van der Waals surface area contributed by atoms with Gasteiger partial charge >= 0.3 is 0 Å². The Morgan fingerprint density at radius 3 is 2.39 bits per heavy atom. The summed E-state index contributed by atoms with van der Waals surface area (Å²) in [5.41, 5.74) is 3.71. The summed E-state index contributed by atoms with van der Waals surface area (Å²) < 4.78 is 0. The number of benzene rings is 1. The van der Waals surface area contributed by atoms with Crippen LogP contribution >= 0.6 is 0 Å². The van der Waals surface area contributed by atoms with E-state index in [9.17, 15) is 4.79 Å². The monoisotopic (exact) mass is 311 g/mol. The molecule has 1 aromatic carbocycles. The molecule has 0 saturated carbocycles. The molecule has 23 heavy (non-hydrogen) atoms. The van der Waals surface area contributed by atoms with Crippen LogP contribution in [0.3, 0.4) is 0 Å². The fourth-order valence-electron chi connectivity index (χ4n) is 2.70. The Labute approximate surface area is 137 Å². The highest BCUT2D eigenvalue weighted by molar-refractivity contribution is 5.83. The Bertz CT molecular complexity index is 764. The highest BCUT2D eigenvalue weighted by Gasteiger charge is 2.13. The molecular formula is C19H25N3O. The van der Waals surface area contributed by atoms with Crippen molar-refractivity contribution in [3.8, 4) is 0 Å². The number of rotatable bonds is 7. The van der Waals surface area contributed by atoms with Gasteiger partial charge in [0.05, 0.1) is 0 Å². The minimum absolute atomic E-state index is 0.0954. The van der Waals surface area contributed by atoms with Gasteiger partial charge in [-0.25, -0.2) is 0 Å². The predicted octanol–water partition coefficient (Wildman–Crippen LogP) is 3.08. The SMILES string of the molecule is C=CCN(CC=C)Cc1c(C)[nH]c2ccc(N(C)C)cc2c1=O. The third-order valence-electron chi connectivity index (χ3n) is 3.97. The summed E-state index contributed by atoms with van der Waals surface area (Å²) in [5, 5.41) is 0.731. The molecule has 1 N–H and O–H groups in total. The molecule has 0 saturated heterocycles. The largest absolute Gasteiger partial charge is 0.378 e. The van der Waals surface area contributed by atoms with Crippen LogP contribution in [0.4, 0.5) is 5.69 Å². The van der Waals surface area contributed by atoms with Gasteiger partial charge in [-0.15, -0.1) is 13.2 Å². The van der Waals surface area contributed by atoms with E-state index in [1.807, 2.05) is 56.3 Å². The number of aromatic nitrogens is 1. The second-order valence-corrected chi connectivity index (χ2v) is 5.95. The Balaban J connectivity index is 2.52. The first-order valence-corrected chi connectivity index (χ1v) is 7.75. The number of nitrogens with zero attached hydrogens (tertiary/aromatic N) is 2. The van der Waals surface area contributed by atoms with E-state index in [4.69, 9.17) is 0 Å². The van der Waals surface area contributed by atoms with Crippen LogP contribution < -0.4 is 10.3 Å². The molecule has 0 fully saturated rings. The van der Waals surface area contributed by atoms with E-state index in [2.05, 4.69) is 23.0 Å². The van der Waals surface area contributed by atoms with Crippen LogP contribution in [0.15, 0.2) is 48.3 Å². The van der Waals surface area contributed by atoms with Gasteiger partial charge in [0.2, 0.25) is 0 Å². The predicted molar refractivity (Wildman–Crippen MR) is 99.3 cm³/mol. The summed E-state index contributed by atoms with van der Waals surface area (Å²) >= 11 is 0. The molecule has 1 aromatic heterocycles. The van der Waals surface area contributed by atoms with Crippen molar-refractivity contribution in [2.45, 2.75) is 13.5 Å². The van der Waals surface area contributed by atoms with Gasteiger partial charge in [0, 0.05) is 61.6 Å². The molecular weight excluding hydrogens is 286 g/mol. The highest BCUT2D eigenvalue weighted by Crippen LogP contribution is 2.19. The lowest BCUT2D eigenvalue weighted by Gasteiger charge is -2.20. The summed E-state index contributed by atoms with van der Waals surface area (Å²) in [6.07, 6.45) is 3.69. The summed E-state index contributed by atoms with van der Waals surface area (Å²) in [4.78, 5) is 20.4. The summed E-state index contributed by atoms with van der Waals surface area (Å²) in [7, 11) is 3.95. The molecule has 0 bridgehead atoms. The molecule has 0 aliphatic carbocycles. The molecule has 0 unspecified atom stereocenters. The average Bonchev–Trinajstić information content (AvgIpc) is 2.51. The van der Waals surface area contributed by atoms with Crippen LogP contribution in [0.5, 0.6) is 0 Å². The van der Waals surface area contributed by atoms with Crippen LogP contribution in [-0.4, -0.2) is 37.1 Å². The summed E-state index contributed by atoms with van der Waals surface area (Å²) in [6, 6.07) is 5.93. The van der Waals surface area contributed by atoms with E-state index in [1.165, 1.54) is 0 Å². The van der Waals surface area contributed by atoms with Gasteiger partial charge in [-0.1, -0.05) is 12.2 Å². The molecule has 1 heterocycles. The maximum Gasteiger partial charge on any atom is 0.194 e. The van der Waals surface area contributed by atoms with E-state index in [0.29, 0.717) is 6.54 Å². The standard InChI is InChI=1S/C19H25N3O/c1-6-10-22(11-7-2)13-17-14(3)20-18-9-8-15(21(4)5)12-16(18)19(17)23/h6-9,12H,1-2,10-11,13H2,3-5H3,(H,20,23). The van der Waals surface area contributed by atoms with E-state index in [-0.39, 0.29) is 5.43 Å². The van der Waals surface area contributed by atoms with E-state index in [1.54, 1.807) is 0 Å². The third-order valence-corrected chi connectivity index (χ3v) is 3.97. The van der Waals surface area contributed by atoms with Crippen molar-refractivity contribution in [2.24, 2.45) is 0 Å². The fraction of sp³-hybridized carbons (Fsp3) is 0.316. The summed E-state index contributed by atoms with van der Waals surface area (Å²) in [6.45, 7) is 11.6. The van der Waals surface area contributed by atoms with Crippen LogP contribution in [0.25, 0.3) is 10.9 Å². The molecule has 0 atom stereocenters. The second-order valence-electron chi connectivity index (χ2n) is 5.95. The molecule has 0 aliphatic rings. The van der Waals surface area contributed by atoms with Gasteiger partial charge in [-0.3, -0.25) is 9.69 Å². The van der Waals surface area contributed by atoms with Gasteiger partial charge < -0.3 is 9.88 Å². The number of anilines is 1. The Morgan fingerprint density at radius 2 is 1.83 bits per heavy atom. The number of hydrogen-bond acceptors (Lipinski definition) is 3. The molecule has 122 valence electrons. The van der Waals surface area contributed by atoms with Gasteiger partial charge in [-0.05, 0) is 25.1 Å².